The number of ether oxygens (including phenoxy) is 1. The predicted octanol–water partition coefficient (Wildman–Crippen LogP) is 1.78. The molecule has 2 aromatic carbocycles. The van der Waals surface area contributed by atoms with Crippen molar-refractivity contribution in [1.82, 2.24) is 5.43 Å². The average Bonchev–Trinajstić information content (AvgIpc) is 2.56. The van der Waals surface area contributed by atoms with Crippen LogP contribution in [-0.4, -0.2) is 25.1 Å². The second kappa shape index (κ2) is 7.58. The molecule has 6 heteroatoms. The molecule has 0 spiro atoms. The van der Waals surface area contributed by atoms with Crippen LogP contribution in [0.15, 0.2) is 59.7 Å². The summed E-state index contributed by atoms with van der Waals surface area (Å²) in [6, 6.07) is 15.9. The summed E-state index contributed by atoms with van der Waals surface area (Å²) < 4.78 is 5.01. The number of hydrazone groups is 1. The van der Waals surface area contributed by atoms with Gasteiger partial charge in [0.2, 0.25) is 0 Å². The monoisotopic (exact) mass is 297 g/mol. The van der Waals surface area contributed by atoms with Gasteiger partial charge in [-0.15, -0.1) is 0 Å². The number of amides is 2. The number of nitrogens with one attached hydrogen (secondary N) is 2. The van der Waals surface area contributed by atoms with Gasteiger partial charge in [0, 0.05) is 5.69 Å². The third-order valence-electron chi connectivity index (χ3n) is 2.73. The molecule has 0 fully saturated rings. The minimum Gasteiger partial charge on any atom is -0.497 e. The average molecular weight is 297 g/mol. The van der Waals surface area contributed by atoms with Crippen molar-refractivity contribution in [2.24, 2.45) is 5.10 Å². The van der Waals surface area contributed by atoms with Crippen LogP contribution in [0.2, 0.25) is 0 Å². The maximum Gasteiger partial charge on any atom is 0.329 e. The third kappa shape index (κ3) is 4.45. The molecule has 2 N–H and O–H groups in total. The van der Waals surface area contributed by atoms with Crippen molar-refractivity contribution in [2.75, 3.05) is 12.4 Å². The highest BCUT2D eigenvalue weighted by Crippen LogP contribution is 2.14. The molecule has 0 bridgehead atoms. The Bertz CT molecular complexity index is 667. The van der Waals surface area contributed by atoms with Crippen molar-refractivity contribution in [3.63, 3.8) is 0 Å². The first-order valence-corrected chi connectivity index (χ1v) is 6.52. The number of carbonyl (C=O) groups excluding carboxylic acids is 2. The number of hydrogen-bond donors (Lipinski definition) is 2. The van der Waals surface area contributed by atoms with Gasteiger partial charge in [-0.1, -0.05) is 30.3 Å². The first-order valence-electron chi connectivity index (χ1n) is 6.52. The van der Waals surface area contributed by atoms with Gasteiger partial charge < -0.3 is 10.1 Å². The molecule has 0 aliphatic heterocycles. The van der Waals surface area contributed by atoms with Gasteiger partial charge in [0.15, 0.2) is 0 Å². The second-order valence-electron chi connectivity index (χ2n) is 4.29. The molecule has 6 nitrogen and oxygen atoms in total. The summed E-state index contributed by atoms with van der Waals surface area (Å²) in [6.07, 6.45) is 1.46. The Morgan fingerprint density at radius 2 is 1.68 bits per heavy atom. The van der Waals surface area contributed by atoms with Crippen LogP contribution in [0.25, 0.3) is 0 Å². The topological polar surface area (TPSA) is 79.8 Å². The number of anilines is 1. The first kappa shape index (κ1) is 15.2. The molecule has 0 saturated carbocycles. The molecular weight excluding hydrogens is 282 g/mol. The van der Waals surface area contributed by atoms with Crippen LogP contribution in [-0.2, 0) is 9.59 Å². The van der Waals surface area contributed by atoms with Crippen molar-refractivity contribution < 1.29 is 14.3 Å². The molecule has 2 amide bonds. The first-order chi connectivity index (χ1) is 10.7. The van der Waals surface area contributed by atoms with E-state index in [4.69, 9.17) is 4.74 Å². The molecule has 2 aromatic rings. The zero-order chi connectivity index (χ0) is 15.8. The molecule has 0 aliphatic carbocycles. The number of rotatable bonds is 4. The van der Waals surface area contributed by atoms with Gasteiger partial charge in [0.1, 0.15) is 5.75 Å². The Morgan fingerprint density at radius 3 is 2.32 bits per heavy atom. The summed E-state index contributed by atoms with van der Waals surface area (Å²) in [5.41, 5.74) is 3.48. The van der Waals surface area contributed by atoms with Gasteiger partial charge in [-0.3, -0.25) is 9.59 Å². The summed E-state index contributed by atoms with van der Waals surface area (Å²) >= 11 is 0. The predicted molar refractivity (Wildman–Crippen MR) is 83.8 cm³/mol. The fraction of sp³-hybridized carbons (Fsp3) is 0.0625. The maximum atomic E-state index is 11.7. The summed E-state index contributed by atoms with van der Waals surface area (Å²) in [4.78, 5) is 23.3. The van der Waals surface area contributed by atoms with Crippen LogP contribution >= 0.6 is 0 Å². The summed E-state index contributed by atoms with van der Waals surface area (Å²) in [7, 11) is 1.55. The second-order valence-corrected chi connectivity index (χ2v) is 4.29. The van der Waals surface area contributed by atoms with Crippen LogP contribution in [0.3, 0.4) is 0 Å². The minimum absolute atomic E-state index is 0.494. The van der Waals surface area contributed by atoms with Gasteiger partial charge in [-0.05, 0) is 29.8 Å². The van der Waals surface area contributed by atoms with Crippen LogP contribution in [0.4, 0.5) is 5.69 Å². The van der Waals surface area contributed by atoms with Crippen LogP contribution in [0, 0.1) is 0 Å². The summed E-state index contributed by atoms with van der Waals surface area (Å²) in [5, 5.41) is 6.19. The summed E-state index contributed by atoms with van der Waals surface area (Å²) in [5.74, 6) is -0.978. The molecule has 0 aromatic heterocycles. The molecule has 0 unspecified atom stereocenters. The van der Waals surface area contributed by atoms with Crippen LogP contribution < -0.4 is 15.5 Å². The quantitative estimate of drug-likeness (QED) is 0.513. The highest BCUT2D eigenvalue weighted by Gasteiger charge is 2.12. The minimum atomic E-state index is -0.844. The maximum absolute atomic E-state index is 11.7. The van der Waals surface area contributed by atoms with E-state index < -0.39 is 11.8 Å². The number of nitrogens with zero attached hydrogens (tertiary/aromatic N) is 1. The number of benzene rings is 2. The van der Waals surface area contributed by atoms with Gasteiger partial charge in [-0.2, -0.15) is 5.10 Å². The van der Waals surface area contributed by atoms with Gasteiger partial charge in [0.25, 0.3) is 0 Å². The Balaban J connectivity index is 1.86. The smallest absolute Gasteiger partial charge is 0.329 e. The lowest BCUT2D eigenvalue weighted by atomic mass is 10.2. The fourth-order valence-electron chi connectivity index (χ4n) is 1.62. The molecular formula is C16H15N3O3. The molecule has 0 atom stereocenters. The van der Waals surface area contributed by atoms with Crippen molar-refractivity contribution >= 4 is 23.7 Å². The van der Waals surface area contributed by atoms with E-state index in [0.717, 1.165) is 5.56 Å². The van der Waals surface area contributed by atoms with E-state index in [1.54, 1.807) is 31.4 Å². The van der Waals surface area contributed by atoms with Gasteiger partial charge in [-0.25, -0.2) is 5.43 Å². The van der Waals surface area contributed by atoms with Crippen molar-refractivity contribution in [1.29, 1.82) is 0 Å². The van der Waals surface area contributed by atoms with Crippen LogP contribution in [0.1, 0.15) is 5.56 Å². The van der Waals surface area contributed by atoms with Crippen molar-refractivity contribution in [2.45, 2.75) is 0 Å². The van der Waals surface area contributed by atoms with Gasteiger partial charge >= 0.3 is 11.8 Å². The van der Waals surface area contributed by atoms with E-state index in [1.807, 2.05) is 30.3 Å². The Hall–Kier alpha value is -3.15. The molecule has 0 heterocycles. The molecule has 112 valence electrons. The molecule has 0 radical (unpaired) electrons. The molecule has 0 aliphatic rings. The molecule has 2 rings (SSSR count). The summed E-state index contributed by atoms with van der Waals surface area (Å²) in [6.45, 7) is 0. The number of methoxy groups -OCH3 is 1. The van der Waals surface area contributed by atoms with Crippen LogP contribution in [0.5, 0.6) is 5.75 Å². The van der Waals surface area contributed by atoms with Gasteiger partial charge in [0.05, 0.1) is 13.3 Å². The van der Waals surface area contributed by atoms with E-state index in [9.17, 15) is 9.59 Å². The highest BCUT2D eigenvalue weighted by molar-refractivity contribution is 6.39. The fourth-order valence-corrected chi connectivity index (χ4v) is 1.62. The number of carbonyl (C=O) groups is 2. The lowest BCUT2D eigenvalue weighted by Crippen LogP contribution is -2.32. The Morgan fingerprint density at radius 1 is 1.00 bits per heavy atom. The van der Waals surface area contributed by atoms with Crippen molar-refractivity contribution in [3.8, 4) is 5.75 Å². The van der Waals surface area contributed by atoms with E-state index in [0.29, 0.717) is 11.4 Å². The standard InChI is InChI=1S/C16H15N3O3/c1-22-14-9-7-13(8-10-14)18-15(20)16(21)19-17-11-12-5-3-2-4-6-12/h2-11H,1H3,(H,18,20)(H,19,21)/b17-11-. The highest BCUT2D eigenvalue weighted by atomic mass is 16.5. The molecule has 0 saturated heterocycles. The van der Waals surface area contributed by atoms with E-state index in [1.165, 1.54) is 6.21 Å². The largest absolute Gasteiger partial charge is 0.497 e. The lowest BCUT2D eigenvalue weighted by molar-refractivity contribution is -0.136. The van der Waals surface area contributed by atoms with E-state index in [-0.39, 0.29) is 0 Å². The molecule has 22 heavy (non-hydrogen) atoms. The van der Waals surface area contributed by atoms with E-state index in [2.05, 4.69) is 15.8 Å². The number of hydrogen-bond acceptors (Lipinski definition) is 4. The van der Waals surface area contributed by atoms with E-state index >= 15 is 0 Å². The van der Waals surface area contributed by atoms with Crippen molar-refractivity contribution in [3.05, 3.63) is 60.2 Å². The zero-order valence-electron chi connectivity index (χ0n) is 11.9. The SMILES string of the molecule is COc1ccc(NC(=O)C(=O)N/N=C\c2ccccc2)cc1. The normalized spacial score (nSPS) is 10.2. The Labute approximate surface area is 127 Å². The zero-order valence-corrected chi connectivity index (χ0v) is 11.9. The Kier molecular flexibility index (Phi) is 5.25. The third-order valence-corrected chi connectivity index (χ3v) is 2.73. The lowest BCUT2D eigenvalue weighted by Gasteiger charge is -2.05.